The number of halogens is 1. The van der Waals surface area contributed by atoms with E-state index in [-0.39, 0.29) is 11.9 Å². The molecule has 2 aromatic rings. The molecule has 1 aromatic heterocycles. The molecule has 1 aliphatic rings. The molecular formula is C18H21BrN4O. The van der Waals surface area contributed by atoms with E-state index in [0.29, 0.717) is 11.6 Å². The zero-order valence-corrected chi connectivity index (χ0v) is 15.3. The molecule has 0 spiro atoms. The monoisotopic (exact) mass is 388 g/mol. The van der Waals surface area contributed by atoms with Crippen LogP contribution in [0.3, 0.4) is 0 Å². The Balaban J connectivity index is 1.70. The number of carbonyl (C=O) groups excluding carboxylic acids is 1. The molecule has 1 aromatic carbocycles. The van der Waals surface area contributed by atoms with Gasteiger partial charge in [-0.3, -0.25) is 4.79 Å². The molecule has 0 saturated heterocycles. The first-order valence-electron chi connectivity index (χ1n) is 8.29. The van der Waals surface area contributed by atoms with Crippen molar-refractivity contribution in [1.82, 2.24) is 15.3 Å². The van der Waals surface area contributed by atoms with Gasteiger partial charge in [0, 0.05) is 22.4 Å². The maximum atomic E-state index is 12.4. The molecule has 6 heteroatoms. The molecule has 0 atom stereocenters. The Kier molecular flexibility index (Phi) is 5.45. The first-order chi connectivity index (χ1) is 11.6. The highest BCUT2D eigenvalue weighted by molar-refractivity contribution is 9.10. The van der Waals surface area contributed by atoms with E-state index in [4.69, 9.17) is 0 Å². The fourth-order valence-electron chi connectivity index (χ4n) is 2.94. The van der Waals surface area contributed by atoms with E-state index in [1.54, 1.807) is 12.3 Å². The van der Waals surface area contributed by atoms with Crippen LogP contribution in [0.1, 0.15) is 48.2 Å². The lowest BCUT2D eigenvalue weighted by Crippen LogP contribution is -2.36. The molecule has 126 valence electrons. The van der Waals surface area contributed by atoms with Gasteiger partial charge in [0.2, 0.25) is 5.95 Å². The number of hydrogen-bond donors (Lipinski definition) is 2. The van der Waals surface area contributed by atoms with Crippen LogP contribution in [-0.4, -0.2) is 21.9 Å². The van der Waals surface area contributed by atoms with Crippen molar-refractivity contribution >= 4 is 33.5 Å². The minimum absolute atomic E-state index is 0.125. The van der Waals surface area contributed by atoms with E-state index in [9.17, 15) is 4.79 Å². The summed E-state index contributed by atoms with van der Waals surface area (Å²) in [7, 11) is 0. The summed E-state index contributed by atoms with van der Waals surface area (Å²) in [4.78, 5) is 21.0. The number of aryl methyl sites for hydroxylation is 1. The van der Waals surface area contributed by atoms with Gasteiger partial charge in [0.05, 0.1) is 0 Å². The quantitative estimate of drug-likeness (QED) is 0.816. The Morgan fingerprint density at radius 2 is 2.00 bits per heavy atom. The van der Waals surface area contributed by atoms with E-state index >= 15 is 0 Å². The summed E-state index contributed by atoms with van der Waals surface area (Å²) in [6.07, 6.45) is 7.36. The predicted molar refractivity (Wildman–Crippen MR) is 98.5 cm³/mol. The summed E-state index contributed by atoms with van der Waals surface area (Å²) in [5.74, 6) is 0.302. The summed E-state index contributed by atoms with van der Waals surface area (Å²) in [5, 5.41) is 6.26. The van der Waals surface area contributed by atoms with Crippen LogP contribution in [-0.2, 0) is 0 Å². The van der Waals surface area contributed by atoms with Crippen molar-refractivity contribution in [2.24, 2.45) is 0 Å². The first kappa shape index (κ1) is 16.9. The maximum Gasteiger partial charge on any atom is 0.270 e. The van der Waals surface area contributed by atoms with Gasteiger partial charge in [0.15, 0.2) is 0 Å². The number of rotatable bonds is 4. The van der Waals surface area contributed by atoms with E-state index in [0.717, 1.165) is 28.6 Å². The number of carbonyl (C=O) groups is 1. The van der Waals surface area contributed by atoms with Crippen molar-refractivity contribution in [3.05, 3.63) is 46.2 Å². The molecule has 1 fully saturated rings. The van der Waals surface area contributed by atoms with Crippen LogP contribution in [0.4, 0.5) is 11.6 Å². The minimum Gasteiger partial charge on any atom is -0.348 e. The van der Waals surface area contributed by atoms with Gasteiger partial charge < -0.3 is 10.6 Å². The molecule has 2 N–H and O–H groups in total. The third-order valence-corrected chi connectivity index (χ3v) is 4.76. The van der Waals surface area contributed by atoms with Crippen molar-refractivity contribution in [3.8, 4) is 0 Å². The Hall–Kier alpha value is -1.95. The fourth-order valence-corrected chi connectivity index (χ4v) is 3.41. The van der Waals surface area contributed by atoms with E-state index < -0.39 is 0 Å². The van der Waals surface area contributed by atoms with Gasteiger partial charge in [-0.25, -0.2) is 9.97 Å². The van der Waals surface area contributed by atoms with Crippen molar-refractivity contribution in [1.29, 1.82) is 0 Å². The second-order valence-electron chi connectivity index (χ2n) is 6.16. The smallest absolute Gasteiger partial charge is 0.270 e. The van der Waals surface area contributed by atoms with Crippen LogP contribution in [0.5, 0.6) is 0 Å². The zero-order chi connectivity index (χ0) is 16.9. The molecule has 0 unspecified atom stereocenters. The van der Waals surface area contributed by atoms with Crippen LogP contribution in [0.25, 0.3) is 0 Å². The zero-order valence-electron chi connectivity index (χ0n) is 13.7. The summed E-state index contributed by atoms with van der Waals surface area (Å²) in [6.45, 7) is 2.01. The molecule has 0 bridgehead atoms. The molecule has 1 heterocycles. The van der Waals surface area contributed by atoms with Gasteiger partial charge in [0.1, 0.15) is 5.69 Å². The van der Waals surface area contributed by atoms with Crippen molar-refractivity contribution in [2.45, 2.75) is 45.1 Å². The molecule has 5 nitrogen and oxygen atoms in total. The minimum atomic E-state index is -0.125. The van der Waals surface area contributed by atoms with Gasteiger partial charge in [-0.2, -0.15) is 0 Å². The van der Waals surface area contributed by atoms with E-state index in [1.807, 2.05) is 25.1 Å². The standard InChI is InChI=1S/C18H21BrN4O/c1-12-11-13(19)7-8-15(12)22-18-20-10-9-16(23-18)17(24)21-14-5-3-2-4-6-14/h7-11,14H,2-6H2,1H3,(H,21,24)(H,20,22,23). The lowest BCUT2D eigenvalue weighted by Gasteiger charge is -2.22. The van der Waals surface area contributed by atoms with Crippen molar-refractivity contribution in [3.63, 3.8) is 0 Å². The number of nitrogens with zero attached hydrogens (tertiary/aromatic N) is 2. The van der Waals surface area contributed by atoms with Gasteiger partial charge in [-0.05, 0) is 49.6 Å². The third-order valence-electron chi connectivity index (χ3n) is 4.26. The van der Waals surface area contributed by atoms with Crippen LogP contribution in [0.15, 0.2) is 34.9 Å². The SMILES string of the molecule is Cc1cc(Br)ccc1Nc1nccc(C(=O)NC2CCCCC2)n1. The van der Waals surface area contributed by atoms with E-state index in [1.165, 1.54) is 19.3 Å². The fraction of sp³-hybridized carbons (Fsp3) is 0.389. The van der Waals surface area contributed by atoms with Crippen molar-refractivity contribution in [2.75, 3.05) is 5.32 Å². The Labute approximate surface area is 150 Å². The highest BCUT2D eigenvalue weighted by Crippen LogP contribution is 2.22. The van der Waals surface area contributed by atoms with Crippen LogP contribution in [0.2, 0.25) is 0 Å². The maximum absolute atomic E-state index is 12.4. The number of aromatic nitrogens is 2. The van der Waals surface area contributed by atoms with Gasteiger partial charge >= 0.3 is 0 Å². The van der Waals surface area contributed by atoms with Crippen molar-refractivity contribution < 1.29 is 4.79 Å². The average Bonchev–Trinajstić information content (AvgIpc) is 2.59. The second-order valence-corrected chi connectivity index (χ2v) is 7.07. The summed E-state index contributed by atoms with van der Waals surface area (Å²) < 4.78 is 1.02. The molecule has 1 saturated carbocycles. The Morgan fingerprint density at radius 3 is 2.75 bits per heavy atom. The molecule has 1 aliphatic carbocycles. The number of anilines is 2. The van der Waals surface area contributed by atoms with Crippen LogP contribution in [0, 0.1) is 6.92 Å². The Bertz CT molecular complexity index is 729. The molecule has 0 radical (unpaired) electrons. The van der Waals surface area contributed by atoms with Gasteiger partial charge in [0.25, 0.3) is 5.91 Å². The normalized spacial score (nSPS) is 15.1. The van der Waals surface area contributed by atoms with E-state index in [2.05, 4.69) is 36.5 Å². The number of amides is 1. The summed E-state index contributed by atoms with van der Waals surface area (Å²) >= 11 is 3.45. The first-order valence-corrected chi connectivity index (χ1v) is 9.08. The lowest BCUT2D eigenvalue weighted by molar-refractivity contribution is 0.0922. The van der Waals surface area contributed by atoms with Crippen LogP contribution < -0.4 is 10.6 Å². The number of nitrogens with one attached hydrogen (secondary N) is 2. The summed E-state index contributed by atoms with van der Waals surface area (Å²) in [6, 6.07) is 7.85. The summed E-state index contributed by atoms with van der Waals surface area (Å²) in [5.41, 5.74) is 2.39. The number of benzene rings is 1. The van der Waals surface area contributed by atoms with Gasteiger partial charge in [-0.1, -0.05) is 35.2 Å². The van der Waals surface area contributed by atoms with Crippen LogP contribution >= 0.6 is 15.9 Å². The molecule has 3 rings (SSSR count). The molecule has 24 heavy (non-hydrogen) atoms. The topological polar surface area (TPSA) is 66.9 Å². The highest BCUT2D eigenvalue weighted by atomic mass is 79.9. The molecule has 0 aliphatic heterocycles. The molecule has 1 amide bonds. The Morgan fingerprint density at radius 1 is 1.21 bits per heavy atom. The lowest BCUT2D eigenvalue weighted by atomic mass is 9.95. The predicted octanol–water partition coefficient (Wildman–Crippen LogP) is 4.35. The third kappa shape index (κ3) is 4.32. The molecular weight excluding hydrogens is 368 g/mol. The number of hydrogen-bond acceptors (Lipinski definition) is 4. The second kappa shape index (κ2) is 7.75. The van der Waals surface area contributed by atoms with Gasteiger partial charge in [-0.15, -0.1) is 0 Å². The average molecular weight is 389 g/mol. The highest BCUT2D eigenvalue weighted by Gasteiger charge is 2.17. The largest absolute Gasteiger partial charge is 0.348 e.